The van der Waals surface area contributed by atoms with E-state index in [9.17, 15) is 4.79 Å². The summed E-state index contributed by atoms with van der Waals surface area (Å²) < 4.78 is 6.62. The second kappa shape index (κ2) is 5.03. The topological polar surface area (TPSA) is 35.1 Å². The second-order valence-corrected chi connectivity index (χ2v) is 3.84. The molecule has 1 aromatic heterocycles. The van der Waals surface area contributed by atoms with E-state index in [1.807, 2.05) is 30.3 Å². The van der Waals surface area contributed by atoms with E-state index >= 15 is 0 Å². The number of para-hydroxylation sites is 1. The number of halogens is 1. The predicted octanol–water partition coefficient (Wildman–Crippen LogP) is 2.60. The highest BCUT2D eigenvalue weighted by Gasteiger charge is 2.06. The number of benzene rings is 1. The number of alkyl halides is 1. The van der Waals surface area contributed by atoms with Gasteiger partial charge in [-0.15, -0.1) is 11.6 Å². The Kier molecular flexibility index (Phi) is 3.47. The Hall–Kier alpha value is -1.48. The lowest BCUT2D eigenvalue weighted by molar-refractivity contribution is 0.460. The van der Waals surface area contributed by atoms with Crippen molar-refractivity contribution in [2.75, 3.05) is 5.88 Å². The van der Waals surface area contributed by atoms with Gasteiger partial charge in [0.2, 0.25) is 0 Å². The molecule has 1 aromatic carbocycles. The van der Waals surface area contributed by atoms with Crippen molar-refractivity contribution in [3.63, 3.8) is 0 Å². The Bertz CT molecular complexity index is 501. The van der Waals surface area contributed by atoms with Crippen LogP contribution in [0.2, 0.25) is 0 Å². The van der Waals surface area contributed by atoms with Crippen LogP contribution >= 0.6 is 11.6 Å². The van der Waals surface area contributed by atoms with E-state index < -0.39 is 0 Å². The molecule has 3 nitrogen and oxygen atoms in total. The highest BCUT2D eigenvalue weighted by molar-refractivity contribution is 6.17. The molecule has 4 heteroatoms. The molecule has 0 spiro atoms. The van der Waals surface area contributed by atoms with Gasteiger partial charge in [-0.3, -0.25) is 0 Å². The van der Waals surface area contributed by atoms with Crippen LogP contribution in [0.1, 0.15) is 12.2 Å². The number of oxazole rings is 1. The van der Waals surface area contributed by atoms with Crippen LogP contribution in [0.25, 0.3) is 5.69 Å². The fourth-order valence-electron chi connectivity index (χ4n) is 1.51. The van der Waals surface area contributed by atoms with Crippen LogP contribution < -0.4 is 5.76 Å². The van der Waals surface area contributed by atoms with Gasteiger partial charge in [-0.2, -0.15) is 0 Å². The first-order valence-corrected chi connectivity index (χ1v) is 5.67. The number of hydrogen-bond acceptors (Lipinski definition) is 2. The summed E-state index contributed by atoms with van der Waals surface area (Å²) in [4.78, 5) is 11.6. The van der Waals surface area contributed by atoms with Gasteiger partial charge < -0.3 is 4.42 Å². The van der Waals surface area contributed by atoms with Crippen molar-refractivity contribution in [1.82, 2.24) is 4.57 Å². The van der Waals surface area contributed by atoms with Crippen LogP contribution in [-0.2, 0) is 6.42 Å². The molecule has 2 aromatic rings. The first-order chi connectivity index (χ1) is 7.81. The maximum Gasteiger partial charge on any atom is 0.423 e. The first-order valence-electron chi connectivity index (χ1n) is 5.14. The van der Waals surface area contributed by atoms with Crippen molar-refractivity contribution in [2.45, 2.75) is 12.8 Å². The first kappa shape index (κ1) is 11.0. The Morgan fingerprint density at radius 1 is 1.25 bits per heavy atom. The number of aryl methyl sites for hydroxylation is 1. The summed E-state index contributed by atoms with van der Waals surface area (Å²) in [5.74, 6) is 0.894. The van der Waals surface area contributed by atoms with Crippen LogP contribution in [0.15, 0.2) is 45.7 Å². The quantitative estimate of drug-likeness (QED) is 0.767. The van der Waals surface area contributed by atoms with E-state index in [4.69, 9.17) is 16.0 Å². The minimum absolute atomic E-state index is 0.351. The van der Waals surface area contributed by atoms with E-state index in [1.165, 1.54) is 4.57 Å². The van der Waals surface area contributed by atoms with Gasteiger partial charge in [0, 0.05) is 12.3 Å². The lowest BCUT2D eigenvalue weighted by Crippen LogP contribution is -2.10. The average molecular weight is 238 g/mol. The van der Waals surface area contributed by atoms with Crippen molar-refractivity contribution in [3.05, 3.63) is 52.8 Å². The summed E-state index contributed by atoms with van der Waals surface area (Å²) in [6.45, 7) is 0. The maximum atomic E-state index is 11.6. The fourth-order valence-corrected chi connectivity index (χ4v) is 1.64. The minimum atomic E-state index is -0.351. The van der Waals surface area contributed by atoms with Gasteiger partial charge in [-0.25, -0.2) is 9.36 Å². The number of nitrogens with zero attached hydrogens (tertiary/aromatic N) is 1. The Morgan fingerprint density at radius 2 is 2.00 bits per heavy atom. The van der Waals surface area contributed by atoms with Crippen LogP contribution in [0.5, 0.6) is 0 Å². The summed E-state index contributed by atoms with van der Waals surface area (Å²) in [6, 6.07) is 9.40. The molecule has 0 N–H and O–H groups in total. The molecule has 0 aliphatic heterocycles. The van der Waals surface area contributed by atoms with Crippen LogP contribution in [0, 0.1) is 0 Å². The average Bonchev–Trinajstić information content (AvgIpc) is 2.69. The SMILES string of the molecule is O=c1oc(CCCCl)cn1-c1ccccc1. The van der Waals surface area contributed by atoms with Crippen molar-refractivity contribution < 1.29 is 4.42 Å². The van der Waals surface area contributed by atoms with Gasteiger partial charge in [0.25, 0.3) is 0 Å². The molecular weight excluding hydrogens is 226 g/mol. The molecule has 0 bridgehead atoms. The molecule has 1 heterocycles. The third-order valence-corrected chi connectivity index (χ3v) is 2.55. The highest BCUT2D eigenvalue weighted by Crippen LogP contribution is 2.08. The molecule has 0 aliphatic rings. The fraction of sp³-hybridized carbons (Fsp3) is 0.250. The summed E-state index contributed by atoms with van der Waals surface area (Å²) >= 11 is 5.59. The van der Waals surface area contributed by atoms with Gasteiger partial charge in [0.05, 0.1) is 11.9 Å². The maximum absolute atomic E-state index is 11.6. The molecule has 16 heavy (non-hydrogen) atoms. The molecule has 84 valence electrons. The summed E-state index contributed by atoms with van der Waals surface area (Å²) in [5.41, 5.74) is 0.813. The van der Waals surface area contributed by atoms with E-state index in [2.05, 4.69) is 0 Å². The predicted molar refractivity (Wildman–Crippen MR) is 63.3 cm³/mol. The molecule has 0 amide bonds. The minimum Gasteiger partial charge on any atom is -0.413 e. The lowest BCUT2D eigenvalue weighted by Gasteiger charge is -1.97. The molecular formula is C12H12ClNO2. The number of aromatic nitrogens is 1. The molecule has 0 aliphatic carbocycles. The van der Waals surface area contributed by atoms with Crippen LogP contribution in [0.3, 0.4) is 0 Å². The third-order valence-electron chi connectivity index (χ3n) is 2.28. The van der Waals surface area contributed by atoms with E-state index in [0.29, 0.717) is 18.1 Å². The molecule has 0 fully saturated rings. The summed E-state index contributed by atoms with van der Waals surface area (Å²) in [5, 5.41) is 0. The molecule has 0 unspecified atom stereocenters. The van der Waals surface area contributed by atoms with E-state index in [0.717, 1.165) is 12.1 Å². The van der Waals surface area contributed by atoms with Crippen molar-refractivity contribution in [3.8, 4) is 5.69 Å². The van der Waals surface area contributed by atoms with Crippen LogP contribution in [0.4, 0.5) is 0 Å². The van der Waals surface area contributed by atoms with E-state index in [1.54, 1.807) is 6.20 Å². The van der Waals surface area contributed by atoms with Gasteiger partial charge in [-0.05, 0) is 18.6 Å². The number of hydrogen-bond donors (Lipinski definition) is 0. The van der Waals surface area contributed by atoms with Crippen molar-refractivity contribution >= 4 is 11.6 Å². The van der Waals surface area contributed by atoms with Crippen LogP contribution in [-0.4, -0.2) is 10.4 Å². The Balaban J connectivity index is 2.29. The number of rotatable bonds is 4. The highest BCUT2D eigenvalue weighted by atomic mass is 35.5. The summed E-state index contributed by atoms with van der Waals surface area (Å²) in [6.07, 6.45) is 3.23. The molecule has 0 saturated carbocycles. The third kappa shape index (κ3) is 2.36. The van der Waals surface area contributed by atoms with Gasteiger partial charge >= 0.3 is 5.76 Å². The standard InChI is InChI=1S/C12H12ClNO2/c13-8-4-7-11-9-14(12(15)16-11)10-5-2-1-3-6-10/h1-3,5-6,9H,4,7-8H2. The van der Waals surface area contributed by atoms with Crippen molar-refractivity contribution in [1.29, 1.82) is 0 Å². The van der Waals surface area contributed by atoms with Gasteiger partial charge in [-0.1, -0.05) is 18.2 Å². The molecule has 2 rings (SSSR count). The molecule has 0 saturated heterocycles. The van der Waals surface area contributed by atoms with Crippen molar-refractivity contribution in [2.24, 2.45) is 0 Å². The Morgan fingerprint density at radius 3 is 2.69 bits per heavy atom. The zero-order valence-electron chi connectivity index (χ0n) is 8.73. The molecule has 0 atom stereocenters. The molecule has 0 radical (unpaired) electrons. The lowest BCUT2D eigenvalue weighted by atomic mass is 10.3. The normalized spacial score (nSPS) is 10.6. The van der Waals surface area contributed by atoms with E-state index in [-0.39, 0.29) is 5.76 Å². The zero-order chi connectivity index (χ0) is 11.4. The largest absolute Gasteiger partial charge is 0.423 e. The monoisotopic (exact) mass is 237 g/mol. The van der Waals surface area contributed by atoms with Gasteiger partial charge in [0.15, 0.2) is 0 Å². The van der Waals surface area contributed by atoms with Gasteiger partial charge in [0.1, 0.15) is 5.76 Å². The zero-order valence-corrected chi connectivity index (χ0v) is 9.48. The smallest absolute Gasteiger partial charge is 0.413 e. The second-order valence-electron chi connectivity index (χ2n) is 3.46. The Labute approximate surface area is 98.3 Å². The summed E-state index contributed by atoms with van der Waals surface area (Å²) in [7, 11) is 0.